The van der Waals surface area contributed by atoms with Crippen molar-refractivity contribution in [2.45, 2.75) is 38.6 Å². The Bertz CT molecular complexity index is 227. The van der Waals surface area contributed by atoms with Crippen molar-refractivity contribution < 1.29 is 14.3 Å². The van der Waals surface area contributed by atoms with E-state index >= 15 is 0 Å². The summed E-state index contributed by atoms with van der Waals surface area (Å²) in [6.45, 7) is 2.71. The maximum Gasteiger partial charge on any atom is 0.305 e. The van der Waals surface area contributed by atoms with Gasteiger partial charge in [0.25, 0.3) is 0 Å². The quantitative estimate of drug-likeness (QED) is 0.633. The number of carbonyl (C=O) groups is 2. The predicted octanol–water partition coefficient (Wildman–Crippen LogP) is 0.950. The normalized spacial score (nSPS) is 21.4. The van der Waals surface area contributed by atoms with E-state index in [9.17, 15) is 9.59 Å². The van der Waals surface area contributed by atoms with Gasteiger partial charge in [0.05, 0.1) is 7.11 Å². The van der Waals surface area contributed by atoms with Crippen LogP contribution in [0.25, 0.3) is 0 Å². The second-order valence-electron chi connectivity index (χ2n) is 3.49. The lowest BCUT2D eigenvalue weighted by Gasteiger charge is -2.22. The number of carbonyl (C=O) groups excluding carboxylic acids is 2. The summed E-state index contributed by atoms with van der Waals surface area (Å²) in [6, 6.07) is 0.242. The van der Waals surface area contributed by atoms with Crippen LogP contribution >= 0.6 is 0 Å². The Labute approximate surface area is 84.2 Å². The van der Waals surface area contributed by atoms with Crippen LogP contribution in [0.1, 0.15) is 32.6 Å². The molecule has 1 atom stereocenters. The monoisotopic (exact) mass is 199 g/mol. The van der Waals surface area contributed by atoms with E-state index in [2.05, 4.69) is 4.74 Å². The van der Waals surface area contributed by atoms with Gasteiger partial charge in [0.2, 0.25) is 5.91 Å². The number of hydrogen-bond acceptors (Lipinski definition) is 3. The van der Waals surface area contributed by atoms with Crippen LogP contribution in [0.15, 0.2) is 0 Å². The maximum atomic E-state index is 11.3. The molecule has 80 valence electrons. The molecule has 0 aromatic carbocycles. The molecule has 1 aliphatic heterocycles. The molecule has 1 saturated heterocycles. The van der Waals surface area contributed by atoms with Crippen LogP contribution < -0.4 is 0 Å². The zero-order chi connectivity index (χ0) is 10.6. The molecule has 4 nitrogen and oxygen atoms in total. The summed E-state index contributed by atoms with van der Waals surface area (Å²) in [5.74, 6) is 0.0165. The van der Waals surface area contributed by atoms with Crippen molar-refractivity contribution in [3.8, 4) is 0 Å². The van der Waals surface area contributed by atoms with Crippen molar-refractivity contribution in [2.75, 3.05) is 13.7 Å². The third-order valence-electron chi connectivity index (χ3n) is 2.70. The number of ether oxygens (including phenoxy) is 1. The molecule has 14 heavy (non-hydrogen) atoms. The first-order chi connectivity index (χ1) is 6.69. The van der Waals surface area contributed by atoms with Gasteiger partial charge in [0.15, 0.2) is 0 Å². The van der Waals surface area contributed by atoms with E-state index < -0.39 is 0 Å². The van der Waals surface area contributed by atoms with Gasteiger partial charge in [-0.1, -0.05) is 0 Å². The molecular weight excluding hydrogens is 182 g/mol. The summed E-state index contributed by atoms with van der Waals surface area (Å²) in [6.07, 6.45) is 2.64. The van der Waals surface area contributed by atoms with E-state index in [4.69, 9.17) is 0 Å². The van der Waals surface area contributed by atoms with Crippen LogP contribution in [-0.4, -0.2) is 36.5 Å². The molecule has 1 rings (SSSR count). The first kappa shape index (κ1) is 11.0. The SMILES string of the molecule is CCN1C(=O)CCC1CCC(=O)OC. The molecular formula is C10H17NO3. The van der Waals surface area contributed by atoms with E-state index in [1.54, 1.807) is 0 Å². The molecule has 0 aliphatic carbocycles. The molecule has 0 aromatic rings. The highest BCUT2D eigenvalue weighted by molar-refractivity contribution is 5.78. The number of methoxy groups -OCH3 is 1. The minimum absolute atomic E-state index is 0.194. The average molecular weight is 199 g/mol. The highest BCUT2D eigenvalue weighted by atomic mass is 16.5. The summed E-state index contributed by atoms with van der Waals surface area (Å²) in [5, 5.41) is 0. The van der Waals surface area contributed by atoms with Crippen molar-refractivity contribution in [3.05, 3.63) is 0 Å². The van der Waals surface area contributed by atoms with E-state index in [1.807, 2.05) is 11.8 Å². The zero-order valence-corrected chi connectivity index (χ0v) is 8.78. The van der Waals surface area contributed by atoms with Crippen molar-refractivity contribution >= 4 is 11.9 Å². The summed E-state index contributed by atoms with van der Waals surface area (Å²) >= 11 is 0. The third kappa shape index (κ3) is 2.47. The molecule has 1 unspecified atom stereocenters. The van der Waals surface area contributed by atoms with Crippen LogP contribution in [0.3, 0.4) is 0 Å². The van der Waals surface area contributed by atoms with Crippen molar-refractivity contribution in [2.24, 2.45) is 0 Å². The van der Waals surface area contributed by atoms with Crippen LogP contribution in [0.4, 0.5) is 0 Å². The molecule has 0 saturated carbocycles. The average Bonchev–Trinajstić information content (AvgIpc) is 2.55. The van der Waals surface area contributed by atoms with Crippen molar-refractivity contribution in [1.29, 1.82) is 0 Å². The lowest BCUT2D eigenvalue weighted by Crippen LogP contribution is -2.33. The molecule has 0 radical (unpaired) electrons. The minimum atomic E-state index is -0.194. The smallest absolute Gasteiger partial charge is 0.305 e. The summed E-state index contributed by atoms with van der Waals surface area (Å²) in [4.78, 5) is 24.1. The number of nitrogens with zero attached hydrogens (tertiary/aromatic N) is 1. The number of esters is 1. The molecule has 0 bridgehead atoms. The summed E-state index contributed by atoms with van der Waals surface area (Å²) < 4.78 is 4.56. The van der Waals surface area contributed by atoms with Crippen LogP contribution in [0, 0.1) is 0 Å². The Morgan fingerprint density at radius 1 is 1.64 bits per heavy atom. The van der Waals surface area contributed by atoms with Gasteiger partial charge in [-0.25, -0.2) is 0 Å². The minimum Gasteiger partial charge on any atom is -0.469 e. The fourth-order valence-electron chi connectivity index (χ4n) is 1.91. The third-order valence-corrected chi connectivity index (χ3v) is 2.70. The zero-order valence-electron chi connectivity index (χ0n) is 8.78. The standard InChI is InChI=1S/C10H17NO3/c1-3-11-8(4-6-9(11)12)5-7-10(13)14-2/h8H,3-7H2,1-2H3. The van der Waals surface area contributed by atoms with Gasteiger partial charge in [0.1, 0.15) is 0 Å². The maximum absolute atomic E-state index is 11.3. The molecule has 1 fully saturated rings. The highest BCUT2D eigenvalue weighted by Gasteiger charge is 2.29. The Morgan fingerprint density at radius 2 is 2.36 bits per heavy atom. The van der Waals surface area contributed by atoms with Gasteiger partial charge in [-0.05, 0) is 19.8 Å². The van der Waals surface area contributed by atoms with Crippen LogP contribution in [0.5, 0.6) is 0 Å². The van der Waals surface area contributed by atoms with Gasteiger partial charge < -0.3 is 9.64 Å². The largest absolute Gasteiger partial charge is 0.469 e. The first-order valence-corrected chi connectivity index (χ1v) is 5.05. The van der Waals surface area contributed by atoms with E-state index in [0.717, 1.165) is 19.4 Å². The Hall–Kier alpha value is -1.06. The molecule has 1 aliphatic rings. The van der Waals surface area contributed by atoms with Gasteiger partial charge in [-0.2, -0.15) is 0 Å². The molecule has 1 heterocycles. The topological polar surface area (TPSA) is 46.6 Å². The summed E-state index contributed by atoms with van der Waals surface area (Å²) in [5.41, 5.74) is 0. The first-order valence-electron chi connectivity index (χ1n) is 5.05. The Balaban J connectivity index is 2.37. The van der Waals surface area contributed by atoms with Crippen molar-refractivity contribution in [1.82, 2.24) is 4.90 Å². The van der Waals surface area contributed by atoms with E-state index in [1.165, 1.54) is 7.11 Å². The van der Waals surface area contributed by atoms with Gasteiger partial charge in [-0.3, -0.25) is 9.59 Å². The lowest BCUT2D eigenvalue weighted by molar-refractivity contribution is -0.141. The van der Waals surface area contributed by atoms with Gasteiger partial charge in [-0.15, -0.1) is 0 Å². The van der Waals surface area contributed by atoms with Gasteiger partial charge >= 0.3 is 5.97 Å². The van der Waals surface area contributed by atoms with Crippen LogP contribution in [-0.2, 0) is 14.3 Å². The number of likely N-dealkylation sites (tertiary alicyclic amines) is 1. The fraction of sp³-hybridized carbons (Fsp3) is 0.800. The Kier molecular flexibility index (Phi) is 3.92. The molecule has 0 aromatic heterocycles. The van der Waals surface area contributed by atoms with E-state index in [-0.39, 0.29) is 17.9 Å². The molecule has 4 heteroatoms. The van der Waals surface area contributed by atoms with Gasteiger partial charge in [0, 0.05) is 25.4 Å². The number of rotatable bonds is 4. The number of amides is 1. The second-order valence-corrected chi connectivity index (χ2v) is 3.49. The Morgan fingerprint density at radius 3 is 2.93 bits per heavy atom. The fourth-order valence-corrected chi connectivity index (χ4v) is 1.91. The molecule has 0 spiro atoms. The molecule has 1 amide bonds. The molecule has 0 N–H and O–H groups in total. The van der Waals surface area contributed by atoms with E-state index in [0.29, 0.717) is 12.8 Å². The second kappa shape index (κ2) is 4.98. The number of hydrogen-bond donors (Lipinski definition) is 0. The van der Waals surface area contributed by atoms with Crippen LogP contribution in [0.2, 0.25) is 0 Å². The van der Waals surface area contributed by atoms with Crippen molar-refractivity contribution in [3.63, 3.8) is 0 Å². The highest BCUT2D eigenvalue weighted by Crippen LogP contribution is 2.22. The predicted molar refractivity (Wildman–Crippen MR) is 51.7 cm³/mol. The summed E-state index contributed by atoms with van der Waals surface area (Å²) in [7, 11) is 1.39. The lowest BCUT2D eigenvalue weighted by atomic mass is 10.1.